The first-order valence-electron chi connectivity index (χ1n) is 6.34. The molecule has 0 aliphatic heterocycles. The Morgan fingerprint density at radius 3 is 0.636 bits per heavy atom. The first-order chi connectivity index (χ1) is 10.2. The third-order valence-electron chi connectivity index (χ3n) is 2.23. The van der Waals surface area contributed by atoms with Gasteiger partial charge in [0, 0.05) is 0 Å². The van der Waals surface area contributed by atoms with Crippen LogP contribution in [0.25, 0.3) is 0 Å². The van der Waals surface area contributed by atoms with Gasteiger partial charge in [0.15, 0.2) is 0 Å². The van der Waals surface area contributed by atoms with Gasteiger partial charge < -0.3 is 15.3 Å². The van der Waals surface area contributed by atoms with Crippen molar-refractivity contribution in [1.29, 1.82) is 0 Å². The average molecular weight is 335 g/mol. The molecule has 3 nitrogen and oxygen atoms in total. The number of benzene rings is 3. The number of hydrogen-bond acceptors (Lipinski definition) is 3. The maximum Gasteiger partial charge on any atom is 3.00 e. The van der Waals surface area contributed by atoms with Gasteiger partial charge in [-0.1, -0.05) is 91.0 Å². The predicted octanol–water partition coefficient (Wildman–Crippen LogP) is 2.28. The third kappa shape index (κ3) is 10.4. The molecule has 113 valence electrons. The summed E-state index contributed by atoms with van der Waals surface area (Å²) in [4.78, 5) is 0. The molecule has 0 N–H and O–H groups in total. The van der Waals surface area contributed by atoms with E-state index in [0.717, 1.165) is 0 Å². The molecule has 4 heteroatoms. The summed E-state index contributed by atoms with van der Waals surface area (Å²) in [6.45, 7) is 0. The van der Waals surface area contributed by atoms with E-state index in [9.17, 15) is 15.3 Å². The maximum absolute atomic E-state index is 10.3. The van der Waals surface area contributed by atoms with Crippen molar-refractivity contribution in [3.63, 3.8) is 0 Å². The second-order valence-electron chi connectivity index (χ2n) is 3.94. The molecule has 0 bridgehead atoms. The van der Waals surface area contributed by atoms with Crippen LogP contribution in [0.4, 0.5) is 0 Å². The van der Waals surface area contributed by atoms with Gasteiger partial charge in [-0.25, -0.2) is 0 Å². The molecule has 3 aromatic carbocycles. The molecular formula is C18H15FeO3. The summed E-state index contributed by atoms with van der Waals surface area (Å²) >= 11 is 0. The van der Waals surface area contributed by atoms with Gasteiger partial charge in [-0.05, 0) is 0 Å². The van der Waals surface area contributed by atoms with E-state index in [4.69, 9.17) is 0 Å². The standard InChI is InChI=1S/3C6H6O.Fe/c3*7-6-4-2-1-3-5-6;/h3*1-5,7H;/q;;;+3/p-3. The second-order valence-corrected chi connectivity index (χ2v) is 3.94. The van der Waals surface area contributed by atoms with Crippen LogP contribution in [-0.4, -0.2) is 0 Å². The van der Waals surface area contributed by atoms with Crippen molar-refractivity contribution in [1.82, 2.24) is 0 Å². The summed E-state index contributed by atoms with van der Waals surface area (Å²) in [6, 6.07) is 25.0. The summed E-state index contributed by atoms with van der Waals surface area (Å²) < 4.78 is 0. The molecule has 0 atom stereocenters. The van der Waals surface area contributed by atoms with Gasteiger partial charge in [0.1, 0.15) is 0 Å². The van der Waals surface area contributed by atoms with E-state index < -0.39 is 0 Å². The van der Waals surface area contributed by atoms with Gasteiger partial charge in [0.25, 0.3) is 0 Å². The predicted molar refractivity (Wildman–Crippen MR) is 77.7 cm³/mol. The van der Waals surface area contributed by atoms with Gasteiger partial charge in [-0.2, -0.15) is 0 Å². The van der Waals surface area contributed by atoms with E-state index in [1.54, 1.807) is 36.4 Å². The van der Waals surface area contributed by atoms with Crippen LogP contribution < -0.4 is 15.3 Å². The minimum absolute atomic E-state index is 0. The van der Waals surface area contributed by atoms with Crippen LogP contribution in [0.3, 0.4) is 0 Å². The Hall–Kier alpha value is -2.42. The number of hydrogen-bond donors (Lipinski definition) is 0. The molecule has 0 aliphatic carbocycles. The molecule has 0 saturated heterocycles. The zero-order chi connectivity index (χ0) is 15.3. The van der Waals surface area contributed by atoms with E-state index in [-0.39, 0.29) is 34.3 Å². The Balaban J connectivity index is 0.000000294. The largest absolute Gasteiger partial charge is 3.00 e. The van der Waals surface area contributed by atoms with Crippen LogP contribution in [0, 0.1) is 0 Å². The van der Waals surface area contributed by atoms with Crippen LogP contribution >= 0.6 is 0 Å². The van der Waals surface area contributed by atoms with Gasteiger partial charge in [-0.15, -0.1) is 17.2 Å². The normalized spacial score (nSPS) is 8.18. The topological polar surface area (TPSA) is 69.2 Å². The van der Waals surface area contributed by atoms with Gasteiger partial charge in [0.2, 0.25) is 0 Å². The quantitative estimate of drug-likeness (QED) is 0.592. The van der Waals surface area contributed by atoms with Crippen LogP contribution in [-0.2, 0) is 17.1 Å². The van der Waals surface area contributed by atoms with Crippen molar-refractivity contribution in [3.05, 3.63) is 91.0 Å². The molecule has 0 spiro atoms. The molecule has 0 fully saturated rings. The third-order valence-corrected chi connectivity index (χ3v) is 2.23. The minimum Gasteiger partial charge on any atom is -0.872 e. The molecule has 0 aliphatic rings. The van der Waals surface area contributed by atoms with Crippen molar-refractivity contribution in [2.75, 3.05) is 0 Å². The smallest absolute Gasteiger partial charge is 0.872 e. The van der Waals surface area contributed by atoms with Gasteiger partial charge in [0.05, 0.1) is 0 Å². The van der Waals surface area contributed by atoms with E-state index in [2.05, 4.69) is 0 Å². The van der Waals surface area contributed by atoms with Crippen molar-refractivity contribution in [2.24, 2.45) is 0 Å². The Labute approximate surface area is 141 Å². The molecular weight excluding hydrogens is 320 g/mol. The SMILES string of the molecule is [Fe+3].[O-]c1ccccc1.[O-]c1ccccc1.[O-]c1ccccc1. The van der Waals surface area contributed by atoms with E-state index in [1.807, 2.05) is 18.2 Å². The van der Waals surface area contributed by atoms with Crippen molar-refractivity contribution in [2.45, 2.75) is 0 Å². The van der Waals surface area contributed by atoms with E-state index >= 15 is 0 Å². The number of para-hydroxylation sites is 3. The van der Waals surface area contributed by atoms with Gasteiger partial charge >= 0.3 is 17.1 Å². The van der Waals surface area contributed by atoms with Crippen molar-refractivity contribution < 1.29 is 32.4 Å². The zero-order valence-corrected chi connectivity index (χ0v) is 12.8. The molecule has 0 amide bonds. The molecule has 0 heterocycles. The first kappa shape index (κ1) is 19.6. The van der Waals surface area contributed by atoms with E-state index in [1.165, 1.54) is 36.4 Å². The van der Waals surface area contributed by atoms with Gasteiger partial charge in [-0.3, -0.25) is 0 Å². The summed E-state index contributed by atoms with van der Waals surface area (Å²) in [6.07, 6.45) is 0. The molecule has 0 aromatic heterocycles. The van der Waals surface area contributed by atoms with E-state index in [0.29, 0.717) is 0 Å². The fourth-order valence-electron chi connectivity index (χ4n) is 1.26. The Morgan fingerprint density at radius 2 is 0.545 bits per heavy atom. The zero-order valence-electron chi connectivity index (χ0n) is 11.7. The molecule has 3 rings (SSSR count). The molecule has 22 heavy (non-hydrogen) atoms. The monoisotopic (exact) mass is 335 g/mol. The fraction of sp³-hybridized carbons (Fsp3) is 0. The summed E-state index contributed by atoms with van der Waals surface area (Å²) in [7, 11) is 0. The maximum atomic E-state index is 10.3. The second kappa shape index (κ2) is 12.3. The van der Waals surface area contributed by atoms with Crippen molar-refractivity contribution in [3.8, 4) is 17.2 Å². The Kier molecular flexibility index (Phi) is 11.0. The van der Waals surface area contributed by atoms with Crippen molar-refractivity contribution >= 4 is 0 Å². The van der Waals surface area contributed by atoms with Crippen LogP contribution in [0.5, 0.6) is 17.2 Å². The summed E-state index contributed by atoms with van der Waals surface area (Å²) in [5.74, 6) is 0.215. The molecule has 0 saturated carbocycles. The van der Waals surface area contributed by atoms with Crippen LogP contribution in [0.15, 0.2) is 91.0 Å². The van der Waals surface area contributed by atoms with Crippen LogP contribution in [0.2, 0.25) is 0 Å². The Morgan fingerprint density at radius 1 is 0.364 bits per heavy atom. The molecule has 0 unspecified atom stereocenters. The minimum atomic E-state index is 0. The van der Waals surface area contributed by atoms with Crippen LogP contribution in [0.1, 0.15) is 0 Å². The first-order valence-corrected chi connectivity index (χ1v) is 6.34. The Bertz CT molecular complexity index is 497. The fourth-order valence-corrected chi connectivity index (χ4v) is 1.26. The molecule has 1 radical (unpaired) electrons. The average Bonchev–Trinajstić information content (AvgIpc) is 2.51. The molecule has 3 aromatic rings. The summed E-state index contributed by atoms with van der Waals surface area (Å²) in [5, 5.41) is 30.8. The number of rotatable bonds is 0. The summed E-state index contributed by atoms with van der Waals surface area (Å²) in [5.41, 5.74) is 0.